The largest absolute Gasteiger partial charge is 0.299 e. The summed E-state index contributed by atoms with van der Waals surface area (Å²) in [5.74, 6) is -0.160. The van der Waals surface area contributed by atoms with Crippen LogP contribution in [0.25, 0.3) is 0 Å². The molecular weight excluding hydrogens is 130 g/mol. The average molecular weight is 137 g/mol. The molecule has 48 valence electrons. The highest BCUT2D eigenvalue weighted by Crippen LogP contribution is 1.65. The number of Topliss-reactive ketones (excluding diaryl/α,β-unsaturated/α-hetero) is 1. The van der Waals surface area contributed by atoms with Gasteiger partial charge >= 0.3 is 0 Å². The van der Waals surface area contributed by atoms with Gasteiger partial charge in [0.25, 0.3) is 0 Å². The van der Waals surface area contributed by atoms with Gasteiger partial charge in [0.1, 0.15) is 5.78 Å². The van der Waals surface area contributed by atoms with Crippen molar-refractivity contribution in [2.24, 2.45) is 0 Å². The predicted octanol–water partition coefficient (Wildman–Crippen LogP) is -0.698. The number of carbonyl (C=O) groups is 1. The maximum absolute atomic E-state index is 10.0. The number of hydrogen-bond acceptors (Lipinski definition) is 2. The van der Waals surface area contributed by atoms with Crippen molar-refractivity contribution in [2.75, 3.05) is 6.54 Å². The molecule has 5 heteroatoms. The van der Waals surface area contributed by atoms with Crippen LogP contribution >= 0.6 is 0 Å². The molecule has 1 unspecified atom stereocenters. The van der Waals surface area contributed by atoms with Gasteiger partial charge in [0.05, 0.1) is 6.54 Å². The average Bonchev–Trinajstić information content (AvgIpc) is 1.61. The minimum Gasteiger partial charge on any atom is -0.299 e. The molecule has 0 fully saturated rings. The van der Waals surface area contributed by atoms with Crippen molar-refractivity contribution in [3.8, 4) is 0 Å². The van der Waals surface area contributed by atoms with Crippen molar-refractivity contribution in [1.82, 2.24) is 4.72 Å². The number of ketones is 1. The summed E-state index contributed by atoms with van der Waals surface area (Å²) in [6, 6.07) is 0. The molecule has 0 aliphatic heterocycles. The molecule has 0 saturated carbocycles. The van der Waals surface area contributed by atoms with Gasteiger partial charge in [-0.3, -0.25) is 9.35 Å². The Morgan fingerprint density at radius 2 is 2.38 bits per heavy atom. The van der Waals surface area contributed by atoms with E-state index in [4.69, 9.17) is 4.55 Å². The van der Waals surface area contributed by atoms with E-state index in [2.05, 4.69) is 0 Å². The first-order valence-electron chi connectivity index (χ1n) is 1.96. The zero-order valence-corrected chi connectivity index (χ0v) is 5.20. The van der Waals surface area contributed by atoms with E-state index in [-0.39, 0.29) is 12.3 Å². The van der Waals surface area contributed by atoms with Crippen molar-refractivity contribution in [1.29, 1.82) is 0 Å². The lowest BCUT2D eigenvalue weighted by Gasteiger charge is -1.90. The van der Waals surface area contributed by atoms with Crippen LogP contribution in [0, 0.1) is 0 Å². The Balaban J connectivity index is 3.18. The third-order valence-electron chi connectivity index (χ3n) is 0.445. The topological polar surface area (TPSA) is 66.4 Å². The summed E-state index contributed by atoms with van der Waals surface area (Å²) in [6.45, 7) is 1.28. The quantitative estimate of drug-likeness (QED) is 0.505. The standard InChI is InChI=1S/C3H7NO3S/c1-3(5)2-4-8(6)7/h4H,2H2,1H3,(H,6,7). The summed E-state index contributed by atoms with van der Waals surface area (Å²) >= 11 is -2.06. The monoisotopic (exact) mass is 137 g/mol. The Kier molecular flexibility index (Phi) is 3.59. The molecule has 0 aromatic rings. The van der Waals surface area contributed by atoms with Crippen LogP contribution in [0.2, 0.25) is 0 Å². The fourth-order valence-corrected chi connectivity index (χ4v) is 0.490. The summed E-state index contributed by atoms with van der Waals surface area (Å²) < 4.78 is 19.8. The molecule has 1 atom stereocenters. The molecule has 0 saturated heterocycles. The predicted molar refractivity (Wildman–Crippen MR) is 29.5 cm³/mol. The maximum Gasteiger partial charge on any atom is 0.232 e. The minimum absolute atomic E-state index is 0.0525. The van der Waals surface area contributed by atoms with Crippen LogP contribution in [0.4, 0.5) is 0 Å². The van der Waals surface area contributed by atoms with Crippen molar-refractivity contribution >= 4 is 17.0 Å². The molecule has 0 aromatic carbocycles. The molecule has 8 heavy (non-hydrogen) atoms. The Bertz CT molecular complexity index is 99.1. The summed E-state index contributed by atoms with van der Waals surface area (Å²) in [7, 11) is 0. The first-order chi connectivity index (χ1) is 3.63. The van der Waals surface area contributed by atoms with Crippen LogP contribution in [0.3, 0.4) is 0 Å². The summed E-state index contributed by atoms with van der Waals surface area (Å²) in [6.07, 6.45) is 0. The Hall–Kier alpha value is -0.260. The molecule has 0 spiro atoms. The van der Waals surface area contributed by atoms with Crippen molar-refractivity contribution in [3.63, 3.8) is 0 Å². The summed E-state index contributed by atoms with van der Waals surface area (Å²) in [5, 5.41) is 0. The maximum atomic E-state index is 10.0. The Labute approximate surface area is 49.7 Å². The van der Waals surface area contributed by atoms with Crippen molar-refractivity contribution < 1.29 is 13.6 Å². The highest BCUT2D eigenvalue weighted by molar-refractivity contribution is 7.77. The number of nitrogens with one attached hydrogen (secondary N) is 1. The Morgan fingerprint density at radius 1 is 1.88 bits per heavy atom. The van der Waals surface area contributed by atoms with Crippen molar-refractivity contribution in [2.45, 2.75) is 6.92 Å². The van der Waals surface area contributed by atoms with Crippen LogP contribution in [0.5, 0.6) is 0 Å². The number of carbonyl (C=O) groups excluding carboxylic acids is 1. The van der Waals surface area contributed by atoms with E-state index in [1.54, 1.807) is 0 Å². The summed E-state index contributed by atoms with van der Waals surface area (Å²) in [5.41, 5.74) is 0. The molecule has 0 bridgehead atoms. The zero-order chi connectivity index (χ0) is 6.57. The molecule has 0 aliphatic carbocycles. The second-order valence-electron chi connectivity index (χ2n) is 1.27. The van der Waals surface area contributed by atoms with E-state index < -0.39 is 11.3 Å². The lowest BCUT2D eigenvalue weighted by atomic mass is 10.5. The van der Waals surface area contributed by atoms with Gasteiger partial charge in [-0.15, -0.1) is 0 Å². The second kappa shape index (κ2) is 3.71. The molecule has 4 nitrogen and oxygen atoms in total. The molecule has 0 radical (unpaired) electrons. The first kappa shape index (κ1) is 7.74. The van der Waals surface area contributed by atoms with Gasteiger partial charge in [-0.1, -0.05) is 0 Å². The first-order valence-corrected chi connectivity index (χ1v) is 3.07. The van der Waals surface area contributed by atoms with E-state index in [9.17, 15) is 9.00 Å². The van der Waals surface area contributed by atoms with Crippen LogP contribution in [-0.2, 0) is 16.1 Å². The van der Waals surface area contributed by atoms with E-state index in [1.807, 2.05) is 4.72 Å². The van der Waals surface area contributed by atoms with Gasteiger partial charge < -0.3 is 0 Å². The molecule has 0 aromatic heterocycles. The van der Waals surface area contributed by atoms with Crippen molar-refractivity contribution in [3.05, 3.63) is 0 Å². The van der Waals surface area contributed by atoms with Crippen LogP contribution in [0.1, 0.15) is 6.92 Å². The molecule has 0 rings (SSSR count). The molecule has 0 amide bonds. The van der Waals surface area contributed by atoms with Gasteiger partial charge in [0.2, 0.25) is 11.3 Å². The molecule has 2 N–H and O–H groups in total. The number of hydrogen-bond donors (Lipinski definition) is 2. The van der Waals surface area contributed by atoms with E-state index in [0.717, 1.165) is 0 Å². The zero-order valence-electron chi connectivity index (χ0n) is 4.38. The van der Waals surface area contributed by atoms with Gasteiger partial charge in [0.15, 0.2) is 0 Å². The van der Waals surface area contributed by atoms with E-state index in [1.165, 1.54) is 6.92 Å². The SMILES string of the molecule is CC(=O)CNS(=O)O. The van der Waals surface area contributed by atoms with Crippen LogP contribution in [-0.4, -0.2) is 21.1 Å². The fourth-order valence-electron chi connectivity index (χ4n) is 0.163. The van der Waals surface area contributed by atoms with Gasteiger partial charge in [-0.25, -0.2) is 8.93 Å². The molecule has 0 heterocycles. The van der Waals surface area contributed by atoms with Crippen LogP contribution in [0.15, 0.2) is 0 Å². The van der Waals surface area contributed by atoms with E-state index in [0.29, 0.717) is 0 Å². The second-order valence-corrected chi connectivity index (χ2v) is 2.06. The van der Waals surface area contributed by atoms with Gasteiger partial charge in [-0.2, -0.15) is 0 Å². The highest BCUT2D eigenvalue weighted by Gasteiger charge is 1.92. The Morgan fingerprint density at radius 3 is 2.50 bits per heavy atom. The fraction of sp³-hybridized carbons (Fsp3) is 0.667. The molecular formula is C3H7NO3S. The normalized spacial score (nSPS) is 13.2. The summed E-state index contributed by atoms with van der Waals surface area (Å²) in [4.78, 5) is 10.0. The van der Waals surface area contributed by atoms with Gasteiger partial charge in [-0.05, 0) is 6.92 Å². The lowest BCUT2D eigenvalue weighted by molar-refractivity contribution is -0.115. The van der Waals surface area contributed by atoms with Gasteiger partial charge in [0, 0.05) is 0 Å². The highest BCUT2D eigenvalue weighted by atomic mass is 32.2. The van der Waals surface area contributed by atoms with E-state index >= 15 is 0 Å². The smallest absolute Gasteiger partial charge is 0.232 e. The third kappa shape index (κ3) is 5.74. The van der Waals surface area contributed by atoms with Crippen LogP contribution < -0.4 is 4.72 Å². The lowest BCUT2D eigenvalue weighted by Crippen LogP contribution is -2.22. The minimum atomic E-state index is -2.06. The third-order valence-corrected chi connectivity index (χ3v) is 0.836. The number of rotatable bonds is 3. The molecule has 0 aliphatic rings.